The van der Waals surface area contributed by atoms with Gasteiger partial charge in [-0.15, -0.1) is 0 Å². The molecule has 1 aromatic heterocycles. The van der Waals surface area contributed by atoms with E-state index in [4.69, 9.17) is 4.74 Å². The summed E-state index contributed by atoms with van der Waals surface area (Å²) >= 11 is 0. The monoisotopic (exact) mass is 459 g/mol. The predicted molar refractivity (Wildman–Crippen MR) is 122 cm³/mol. The molecule has 1 fully saturated rings. The minimum atomic E-state index is -3.24. The molecule has 0 saturated carbocycles. The number of hydrogen-bond acceptors (Lipinski definition) is 6. The number of rotatable bonds is 6. The second-order valence-electron chi connectivity index (χ2n) is 8.45. The normalized spacial score (nSPS) is 14.9. The van der Waals surface area contributed by atoms with Crippen LogP contribution in [0.2, 0.25) is 0 Å². The summed E-state index contributed by atoms with van der Waals surface area (Å²) in [4.78, 5) is 30.9. The minimum absolute atomic E-state index is 0.0905. The highest BCUT2D eigenvalue weighted by Crippen LogP contribution is 2.23. The van der Waals surface area contributed by atoms with Crippen molar-refractivity contribution in [2.45, 2.75) is 31.6 Å². The van der Waals surface area contributed by atoms with Gasteiger partial charge >= 0.3 is 6.09 Å². The summed E-state index contributed by atoms with van der Waals surface area (Å²) in [6.45, 7) is 5.36. The summed E-state index contributed by atoms with van der Waals surface area (Å²) in [6.07, 6.45) is 3.60. The molecule has 1 N–H and O–H groups in total. The van der Waals surface area contributed by atoms with Crippen molar-refractivity contribution in [1.82, 2.24) is 9.88 Å². The average molecular weight is 460 g/mol. The Morgan fingerprint density at radius 2 is 1.78 bits per heavy atom. The molecule has 1 aliphatic heterocycles. The molecule has 1 saturated heterocycles. The molecular formula is C23H29N3O5S. The number of pyridine rings is 1. The molecule has 0 bridgehead atoms. The number of piperidine rings is 1. The summed E-state index contributed by atoms with van der Waals surface area (Å²) in [5.74, 6) is 0.0220. The van der Waals surface area contributed by atoms with Gasteiger partial charge in [-0.2, -0.15) is 0 Å². The molecule has 0 atom stereocenters. The van der Waals surface area contributed by atoms with Crippen molar-refractivity contribution in [3.05, 3.63) is 42.6 Å². The highest BCUT2D eigenvalue weighted by molar-refractivity contribution is 7.90. The van der Waals surface area contributed by atoms with Crippen LogP contribution in [0.4, 0.5) is 10.5 Å². The molecule has 1 aliphatic rings. The number of anilines is 1. The van der Waals surface area contributed by atoms with Gasteiger partial charge in [-0.1, -0.05) is 26.0 Å². The van der Waals surface area contributed by atoms with Crippen molar-refractivity contribution in [3.63, 3.8) is 0 Å². The van der Waals surface area contributed by atoms with Gasteiger partial charge in [0.15, 0.2) is 9.84 Å². The van der Waals surface area contributed by atoms with Gasteiger partial charge in [-0.25, -0.2) is 13.2 Å². The summed E-state index contributed by atoms with van der Waals surface area (Å²) < 4.78 is 28.4. The number of nitrogens with zero attached hydrogens (tertiary/aromatic N) is 2. The lowest BCUT2D eigenvalue weighted by Crippen LogP contribution is -2.42. The van der Waals surface area contributed by atoms with E-state index in [1.807, 2.05) is 13.8 Å². The first-order chi connectivity index (χ1) is 15.1. The van der Waals surface area contributed by atoms with E-state index in [1.54, 1.807) is 47.5 Å². The van der Waals surface area contributed by atoms with Crippen molar-refractivity contribution < 1.29 is 22.7 Å². The number of hydrogen-bond donors (Lipinski definition) is 1. The van der Waals surface area contributed by atoms with Gasteiger partial charge in [-0.3, -0.25) is 9.78 Å². The Hall–Kier alpha value is -2.94. The lowest BCUT2D eigenvalue weighted by molar-refractivity contribution is -0.121. The number of benzene rings is 1. The number of carbonyl (C=O) groups excluding carboxylic acids is 2. The highest BCUT2D eigenvalue weighted by atomic mass is 32.2. The van der Waals surface area contributed by atoms with E-state index in [-0.39, 0.29) is 28.7 Å². The molecule has 0 spiro atoms. The molecule has 2 aromatic rings. The molecule has 0 aliphatic carbocycles. The second-order valence-corrected chi connectivity index (χ2v) is 10.5. The van der Waals surface area contributed by atoms with Gasteiger partial charge in [-0.05, 0) is 43.0 Å². The van der Waals surface area contributed by atoms with Crippen LogP contribution in [-0.2, 0) is 19.4 Å². The average Bonchev–Trinajstić information content (AvgIpc) is 2.77. The van der Waals surface area contributed by atoms with Gasteiger partial charge in [0.25, 0.3) is 0 Å². The Labute approximate surface area is 188 Å². The zero-order chi connectivity index (χ0) is 23.3. The topological polar surface area (TPSA) is 106 Å². The number of likely N-dealkylation sites (tertiary alicyclic amines) is 1. The zero-order valence-corrected chi connectivity index (χ0v) is 19.4. The maximum atomic E-state index is 12.6. The summed E-state index contributed by atoms with van der Waals surface area (Å²) in [5.41, 5.74) is 2.05. The van der Waals surface area contributed by atoms with Crippen LogP contribution >= 0.6 is 0 Å². The lowest BCUT2D eigenvalue weighted by atomic mass is 9.96. The first-order valence-electron chi connectivity index (χ1n) is 10.6. The molecule has 8 nitrogen and oxygen atoms in total. The Morgan fingerprint density at radius 3 is 2.31 bits per heavy atom. The molecule has 0 radical (unpaired) electrons. The molecule has 9 heteroatoms. The van der Waals surface area contributed by atoms with E-state index < -0.39 is 9.84 Å². The summed E-state index contributed by atoms with van der Waals surface area (Å²) in [5, 5.41) is 2.89. The molecule has 1 aromatic carbocycles. The van der Waals surface area contributed by atoms with Gasteiger partial charge in [0.05, 0.1) is 29.1 Å². The van der Waals surface area contributed by atoms with Crippen LogP contribution in [0, 0.1) is 11.8 Å². The van der Waals surface area contributed by atoms with E-state index in [9.17, 15) is 18.0 Å². The third-order valence-corrected chi connectivity index (χ3v) is 6.40. The molecule has 3 rings (SSSR count). The first kappa shape index (κ1) is 23.7. The van der Waals surface area contributed by atoms with E-state index in [1.165, 1.54) is 6.26 Å². The molecular weight excluding hydrogens is 430 g/mol. The van der Waals surface area contributed by atoms with E-state index in [0.29, 0.717) is 43.9 Å². The maximum absolute atomic E-state index is 12.6. The van der Waals surface area contributed by atoms with E-state index >= 15 is 0 Å². The second kappa shape index (κ2) is 10.1. The fourth-order valence-corrected chi connectivity index (χ4v) is 4.04. The largest absolute Gasteiger partial charge is 0.449 e. The van der Waals surface area contributed by atoms with Crippen molar-refractivity contribution >= 4 is 27.5 Å². The van der Waals surface area contributed by atoms with Crippen molar-refractivity contribution in [2.24, 2.45) is 11.8 Å². The standard InChI is InChI=1S/C23H29N3O5S/c1-16(2)15-31-23(28)26-12-10-18(11-13-26)22(27)25-19-6-9-21(24-14-19)17-4-7-20(8-5-17)32(3,29)30/h4-9,14,16,18H,10-13,15H2,1-3H3,(H,25,27). The van der Waals surface area contributed by atoms with Crippen LogP contribution in [0.3, 0.4) is 0 Å². The van der Waals surface area contributed by atoms with Crippen LogP contribution in [0.5, 0.6) is 0 Å². The molecule has 32 heavy (non-hydrogen) atoms. The van der Waals surface area contributed by atoms with Gasteiger partial charge < -0.3 is 15.0 Å². The van der Waals surface area contributed by atoms with Gasteiger partial charge in [0.1, 0.15) is 0 Å². The Kier molecular flexibility index (Phi) is 7.50. The van der Waals surface area contributed by atoms with Crippen LogP contribution in [0.15, 0.2) is 47.5 Å². The molecule has 2 heterocycles. The zero-order valence-electron chi connectivity index (χ0n) is 18.6. The van der Waals surface area contributed by atoms with Crippen LogP contribution in [0.25, 0.3) is 11.3 Å². The Balaban J connectivity index is 1.52. The molecule has 0 unspecified atom stereocenters. The third-order valence-electron chi connectivity index (χ3n) is 5.27. The number of aromatic nitrogens is 1. The van der Waals surface area contributed by atoms with Gasteiger partial charge in [0.2, 0.25) is 5.91 Å². The summed E-state index contributed by atoms with van der Waals surface area (Å²) in [6, 6.07) is 10.1. The van der Waals surface area contributed by atoms with E-state index in [2.05, 4.69) is 10.3 Å². The quantitative estimate of drug-likeness (QED) is 0.708. The Morgan fingerprint density at radius 1 is 1.12 bits per heavy atom. The SMILES string of the molecule is CC(C)COC(=O)N1CCC(C(=O)Nc2ccc(-c3ccc(S(C)(=O)=O)cc3)nc2)CC1. The smallest absolute Gasteiger partial charge is 0.409 e. The molecule has 2 amide bonds. The number of carbonyl (C=O) groups is 2. The van der Waals surface area contributed by atoms with Gasteiger partial charge in [0, 0.05) is 30.8 Å². The van der Waals surface area contributed by atoms with E-state index in [0.717, 1.165) is 5.56 Å². The lowest BCUT2D eigenvalue weighted by Gasteiger charge is -2.30. The summed E-state index contributed by atoms with van der Waals surface area (Å²) in [7, 11) is -3.24. The fraction of sp³-hybridized carbons (Fsp3) is 0.435. The highest BCUT2D eigenvalue weighted by Gasteiger charge is 2.28. The number of amides is 2. The predicted octanol–water partition coefficient (Wildman–Crippen LogP) is 3.60. The Bertz CT molecular complexity index is 1040. The first-order valence-corrected chi connectivity index (χ1v) is 12.5. The third kappa shape index (κ3) is 6.29. The van der Waals surface area contributed by atoms with Crippen LogP contribution < -0.4 is 5.32 Å². The fourth-order valence-electron chi connectivity index (χ4n) is 3.41. The molecule has 172 valence electrons. The van der Waals surface area contributed by atoms with Crippen LogP contribution in [0.1, 0.15) is 26.7 Å². The van der Waals surface area contributed by atoms with Crippen LogP contribution in [-0.4, -0.2) is 56.3 Å². The number of nitrogens with one attached hydrogen (secondary N) is 1. The minimum Gasteiger partial charge on any atom is -0.449 e. The van der Waals surface area contributed by atoms with Crippen molar-refractivity contribution in [2.75, 3.05) is 31.3 Å². The maximum Gasteiger partial charge on any atom is 0.409 e. The van der Waals surface area contributed by atoms with Crippen molar-refractivity contribution in [1.29, 1.82) is 0 Å². The number of ether oxygens (including phenoxy) is 1. The van der Waals surface area contributed by atoms with Crippen molar-refractivity contribution in [3.8, 4) is 11.3 Å². The number of sulfone groups is 1.